The van der Waals surface area contributed by atoms with Crippen LogP contribution in [0.4, 0.5) is 0 Å². The van der Waals surface area contributed by atoms with Gasteiger partial charge in [0.15, 0.2) is 0 Å². The fraction of sp³-hybridized carbons (Fsp3) is 0.750. The largest absolute Gasteiger partial charge is 0.458 e. The van der Waals surface area contributed by atoms with Gasteiger partial charge >= 0.3 is 7.12 Å². The van der Waals surface area contributed by atoms with E-state index in [9.17, 15) is 0 Å². The fourth-order valence-electron chi connectivity index (χ4n) is 1.35. The Kier molecular flexibility index (Phi) is 2.40. The minimum atomic E-state index is -1.18. The quantitative estimate of drug-likeness (QED) is 0.440. The Morgan fingerprint density at radius 3 is 2.45 bits per heavy atom. The molecular formula is C8H15BO2. The van der Waals surface area contributed by atoms with Gasteiger partial charge in [-0.2, -0.15) is 0 Å². The van der Waals surface area contributed by atoms with Crippen LogP contribution in [-0.4, -0.2) is 17.2 Å². The van der Waals surface area contributed by atoms with Crippen LogP contribution in [0.25, 0.3) is 0 Å². The summed E-state index contributed by atoms with van der Waals surface area (Å²) in [5.41, 5.74) is 0.241. The second-order valence-electron chi connectivity index (χ2n) is 3.96. The van der Waals surface area contributed by atoms with E-state index < -0.39 is 7.12 Å². The maximum atomic E-state index is 8.85. The molecule has 1 unspecified atom stereocenters. The highest BCUT2D eigenvalue weighted by molar-refractivity contribution is 6.43. The maximum Gasteiger partial charge on any atom is 0.458 e. The van der Waals surface area contributed by atoms with Gasteiger partial charge in [0, 0.05) is 5.82 Å². The summed E-state index contributed by atoms with van der Waals surface area (Å²) in [6.07, 6.45) is 5.89. The van der Waals surface area contributed by atoms with Gasteiger partial charge < -0.3 is 10.0 Å². The molecule has 0 amide bonds. The molecule has 1 rings (SSSR count). The topological polar surface area (TPSA) is 40.5 Å². The molecular weight excluding hydrogens is 139 g/mol. The van der Waals surface area contributed by atoms with Crippen LogP contribution in [0.2, 0.25) is 5.82 Å². The summed E-state index contributed by atoms with van der Waals surface area (Å²) >= 11 is 0. The Hall–Kier alpha value is -0.275. The summed E-state index contributed by atoms with van der Waals surface area (Å²) in [4.78, 5) is 0. The molecule has 2 N–H and O–H groups in total. The fourth-order valence-corrected chi connectivity index (χ4v) is 1.35. The molecule has 1 atom stereocenters. The second-order valence-corrected chi connectivity index (χ2v) is 3.96. The minimum Gasteiger partial charge on any atom is -0.427 e. The van der Waals surface area contributed by atoms with Crippen LogP contribution in [0.1, 0.15) is 26.7 Å². The molecule has 0 saturated carbocycles. The van der Waals surface area contributed by atoms with Crippen molar-refractivity contribution in [3.05, 3.63) is 12.2 Å². The Morgan fingerprint density at radius 1 is 1.45 bits per heavy atom. The van der Waals surface area contributed by atoms with Crippen LogP contribution >= 0.6 is 0 Å². The van der Waals surface area contributed by atoms with Crippen LogP contribution in [0.3, 0.4) is 0 Å². The third-order valence-electron chi connectivity index (χ3n) is 2.30. The molecule has 0 saturated heterocycles. The van der Waals surface area contributed by atoms with Gasteiger partial charge in [-0.05, 0) is 18.3 Å². The molecule has 0 aromatic carbocycles. The molecule has 0 aliphatic heterocycles. The normalized spacial score (nSPS) is 28.5. The van der Waals surface area contributed by atoms with E-state index >= 15 is 0 Å². The molecule has 0 radical (unpaired) electrons. The molecule has 1 aliphatic rings. The van der Waals surface area contributed by atoms with E-state index in [-0.39, 0.29) is 11.2 Å². The Morgan fingerprint density at radius 2 is 2.09 bits per heavy atom. The predicted molar refractivity (Wildman–Crippen MR) is 46.1 cm³/mol. The highest BCUT2D eigenvalue weighted by Gasteiger charge is 2.27. The van der Waals surface area contributed by atoms with Gasteiger partial charge in [0.25, 0.3) is 0 Å². The summed E-state index contributed by atoms with van der Waals surface area (Å²) in [5, 5.41) is 17.7. The molecule has 0 aromatic heterocycles. The Labute approximate surface area is 68.1 Å². The summed E-state index contributed by atoms with van der Waals surface area (Å²) < 4.78 is 0. The van der Waals surface area contributed by atoms with Gasteiger partial charge in [-0.15, -0.1) is 0 Å². The molecule has 0 aromatic rings. The Bertz CT molecular complexity index is 163. The molecule has 2 nitrogen and oxygen atoms in total. The molecule has 0 bridgehead atoms. The van der Waals surface area contributed by atoms with Gasteiger partial charge in [-0.25, -0.2) is 0 Å². The van der Waals surface area contributed by atoms with E-state index in [1.54, 1.807) is 0 Å². The highest BCUT2D eigenvalue weighted by atomic mass is 16.4. The second kappa shape index (κ2) is 2.99. The number of hydrogen-bond acceptors (Lipinski definition) is 2. The van der Waals surface area contributed by atoms with E-state index in [0.29, 0.717) is 0 Å². The van der Waals surface area contributed by atoms with E-state index in [1.165, 1.54) is 0 Å². The number of allylic oxidation sites excluding steroid dienone is 2. The zero-order valence-electron chi connectivity index (χ0n) is 7.12. The van der Waals surface area contributed by atoms with Gasteiger partial charge in [0.1, 0.15) is 0 Å². The standard InChI is InChI=1S/C8H15BO2/c1-8(2)5-3-7(4-6-8)9(10)11/h3,5,7,10-11H,4,6H2,1-2H3. The van der Waals surface area contributed by atoms with Crippen molar-refractivity contribution in [1.29, 1.82) is 0 Å². The van der Waals surface area contributed by atoms with Gasteiger partial charge in [0.2, 0.25) is 0 Å². The van der Waals surface area contributed by atoms with Crippen molar-refractivity contribution in [2.45, 2.75) is 32.5 Å². The van der Waals surface area contributed by atoms with E-state index in [4.69, 9.17) is 10.0 Å². The third-order valence-corrected chi connectivity index (χ3v) is 2.30. The lowest BCUT2D eigenvalue weighted by molar-refractivity contribution is 0.354. The van der Waals surface area contributed by atoms with Crippen LogP contribution in [0.15, 0.2) is 12.2 Å². The monoisotopic (exact) mass is 154 g/mol. The average molecular weight is 154 g/mol. The predicted octanol–water partition coefficient (Wildman–Crippen LogP) is 1.21. The first kappa shape index (κ1) is 8.82. The molecule has 3 heteroatoms. The Balaban J connectivity index is 2.56. The van der Waals surface area contributed by atoms with Crippen molar-refractivity contribution in [2.24, 2.45) is 5.41 Å². The van der Waals surface area contributed by atoms with Gasteiger partial charge in [-0.3, -0.25) is 0 Å². The molecule has 62 valence electrons. The number of rotatable bonds is 1. The lowest BCUT2D eigenvalue weighted by atomic mass is 9.64. The van der Waals surface area contributed by atoms with Crippen molar-refractivity contribution in [2.75, 3.05) is 0 Å². The van der Waals surface area contributed by atoms with Crippen molar-refractivity contribution >= 4 is 7.12 Å². The molecule has 11 heavy (non-hydrogen) atoms. The van der Waals surface area contributed by atoms with E-state index in [1.807, 2.05) is 6.08 Å². The third kappa shape index (κ3) is 2.35. The number of hydrogen-bond donors (Lipinski definition) is 2. The summed E-state index contributed by atoms with van der Waals surface area (Å²) in [6.45, 7) is 4.31. The molecule has 0 heterocycles. The molecule has 1 aliphatic carbocycles. The minimum absolute atomic E-state index is 0.0528. The maximum absolute atomic E-state index is 8.85. The molecule has 0 fully saturated rings. The lowest BCUT2D eigenvalue weighted by Crippen LogP contribution is -2.24. The van der Waals surface area contributed by atoms with Crippen LogP contribution in [-0.2, 0) is 0 Å². The van der Waals surface area contributed by atoms with Crippen molar-refractivity contribution in [1.82, 2.24) is 0 Å². The highest BCUT2D eigenvalue weighted by Crippen LogP contribution is 2.35. The average Bonchev–Trinajstić information content (AvgIpc) is 1.86. The summed E-state index contributed by atoms with van der Waals surface area (Å²) in [6, 6.07) is 0. The van der Waals surface area contributed by atoms with E-state index in [0.717, 1.165) is 12.8 Å². The summed E-state index contributed by atoms with van der Waals surface area (Å²) in [5.74, 6) is -0.0528. The van der Waals surface area contributed by atoms with Crippen molar-refractivity contribution in [3.63, 3.8) is 0 Å². The SMILES string of the molecule is CC1(C)C=CC(B(O)O)CC1. The van der Waals surface area contributed by atoms with E-state index in [2.05, 4.69) is 19.9 Å². The van der Waals surface area contributed by atoms with Gasteiger partial charge in [-0.1, -0.05) is 26.0 Å². The first-order valence-corrected chi connectivity index (χ1v) is 4.07. The summed E-state index contributed by atoms with van der Waals surface area (Å²) in [7, 11) is -1.18. The van der Waals surface area contributed by atoms with Crippen LogP contribution < -0.4 is 0 Å². The zero-order chi connectivity index (χ0) is 8.48. The first-order valence-electron chi connectivity index (χ1n) is 4.07. The zero-order valence-corrected chi connectivity index (χ0v) is 7.12. The van der Waals surface area contributed by atoms with Crippen LogP contribution in [0, 0.1) is 5.41 Å². The smallest absolute Gasteiger partial charge is 0.427 e. The lowest BCUT2D eigenvalue weighted by Gasteiger charge is -2.27. The van der Waals surface area contributed by atoms with Crippen molar-refractivity contribution < 1.29 is 10.0 Å². The molecule has 0 spiro atoms. The van der Waals surface area contributed by atoms with Crippen molar-refractivity contribution in [3.8, 4) is 0 Å². The van der Waals surface area contributed by atoms with Crippen LogP contribution in [0.5, 0.6) is 0 Å². The first-order chi connectivity index (χ1) is 5.01. The van der Waals surface area contributed by atoms with Gasteiger partial charge in [0.05, 0.1) is 0 Å².